The lowest BCUT2D eigenvalue weighted by atomic mass is 9.89. The molecule has 6 amide bonds. The van der Waals surface area contributed by atoms with E-state index in [2.05, 4.69) is 31.9 Å². The molecule has 46 nitrogen and oxygen atoms in total. The standard InChI is InChI=1S/C68H123N6O40P3/c1-6-96-25-26-103-115(90,91)113-44-28-56(98-23-17-11-8-14-19-69-52(82)36-100-66-58(72-40(3)79)61(85)39(2)46(30-75)109-66)107-50(44)34-105-117(94,95)114-45-29-57(99-24-18-12-9-15-21-71-54(84)38-102-68-60(74-42(5)81)65(89)63(87)49(33-78)111-68)108-51(45)35-104-116(92,93)112-43-27-55(106-47(43)31-76)97-22-16-10-7-13-20-70-53(83)37-101-67-59(73-41(4)80)64(88)62(86)48(32-77)110-67/h39,43-51,55-68,75-78,85-89H,6-38H2,1-5H3,(H,69,82)(H,70,83)(H,71,84)(H,72,79)(H,73,80)(H,74,81)(H,90,91)(H,92,93)(H,94,95)/p-3/t39-,43?,44+,45?,46+,47+,48+,49+,50?,51+,55+,56+,57+,58+,59+,60+,61-,62-,63-,64+,65+,66+,67+,68+/m0/s1. The molecule has 6 fully saturated rings. The average molecular weight is 1750 g/mol. The molecule has 6 rings (SSSR count). The Balaban J connectivity index is 0.977. The number of nitrogens with one attached hydrogen (secondary N) is 6. The van der Waals surface area contributed by atoms with Crippen LogP contribution in [0.5, 0.6) is 0 Å². The molecule has 6 unspecified atom stereocenters. The minimum absolute atomic E-state index is 0.0105. The summed E-state index contributed by atoms with van der Waals surface area (Å²) in [6.07, 6.45) is -21.1. The van der Waals surface area contributed by atoms with Crippen LogP contribution in [-0.4, -0.2) is 341 Å². The van der Waals surface area contributed by atoms with Gasteiger partial charge in [-0.05, 0) is 45.4 Å². The maximum atomic E-state index is 13.9. The molecule has 15 N–H and O–H groups in total. The summed E-state index contributed by atoms with van der Waals surface area (Å²) in [5.74, 6) is -3.79. The molecular formula is C68H120N6O40P3-3. The lowest BCUT2D eigenvalue weighted by Gasteiger charge is -2.43. The molecular weight excluding hydrogens is 1630 g/mol. The number of aliphatic hydroxyl groups is 9. The number of hydrogen-bond donors (Lipinski definition) is 15. The molecule has 680 valence electrons. The highest BCUT2D eigenvalue weighted by molar-refractivity contribution is 7.46. The zero-order valence-electron chi connectivity index (χ0n) is 66.2. The highest BCUT2D eigenvalue weighted by atomic mass is 31.2. The first-order valence-electron chi connectivity index (χ1n) is 39.3. The van der Waals surface area contributed by atoms with Crippen molar-refractivity contribution >= 4 is 58.9 Å². The molecule has 49 heteroatoms. The summed E-state index contributed by atoms with van der Waals surface area (Å²) in [6.45, 7) is 1.59. The summed E-state index contributed by atoms with van der Waals surface area (Å²) in [6, 6.07) is -3.48. The van der Waals surface area contributed by atoms with Crippen LogP contribution in [0.4, 0.5) is 0 Å². The Morgan fingerprint density at radius 3 is 1.04 bits per heavy atom. The Bertz CT molecular complexity index is 3100. The van der Waals surface area contributed by atoms with Crippen LogP contribution in [-0.2, 0) is 131 Å². The quantitative estimate of drug-likeness (QED) is 0.0199. The van der Waals surface area contributed by atoms with E-state index in [1.165, 1.54) is 13.8 Å². The van der Waals surface area contributed by atoms with Gasteiger partial charge in [-0.3, -0.25) is 42.5 Å². The maximum Gasteiger partial charge on any atom is 0.268 e. The molecule has 6 aliphatic heterocycles. The number of phosphoric acid groups is 3. The summed E-state index contributed by atoms with van der Waals surface area (Å²) in [5, 5.41) is 107. The molecule has 6 saturated heterocycles. The number of hydrogen-bond acceptors (Lipinski definition) is 40. The van der Waals surface area contributed by atoms with Gasteiger partial charge in [-0.2, -0.15) is 0 Å². The molecule has 0 aliphatic carbocycles. The van der Waals surface area contributed by atoms with Crippen LogP contribution in [0.1, 0.15) is 131 Å². The van der Waals surface area contributed by atoms with Crippen molar-refractivity contribution in [3.05, 3.63) is 0 Å². The predicted octanol–water partition coefficient (Wildman–Crippen LogP) is -5.79. The molecule has 117 heavy (non-hydrogen) atoms. The van der Waals surface area contributed by atoms with Gasteiger partial charge in [0.15, 0.2) is 37.7 Å². The van der Waals surface area contributed by atoms with Crippen LogP contribution < -0.4 is 46.6 Å². The highest BCUT2D eigenvalue weighted by Gasteiger charge is 2.50. The Labute approximate surface area is 677 Å². The molecule has 0 aromatic carbocycles. The number of aliphatic hydroxyl groups excluding tert-OH is 9. The van der Waals surface area contributed by atoms with E-state index in [-0.39, 0.29) is 71.9 Å². The van der Waals surface area contributed by atoms with E-state index in [0.29, 0.717) is 77.0 Å². The molecule has 0 aromatic heterocycles. The second kappa shape index (κ2) is 52.8. The lowest BCUT2D eigenvalue weighted by molar-refractivity contribution is -0.268. The monoisotopic (exact) mass is 1750 g/mol. The van der Waals surface area contributed by atoms with E-state index >= 15 is 0 Å². The molecule has 0 radical (unpaired) electrons. The molecule has 0 saturated carbocycles. The van der Waals surface area contributed by atoms with Crippen LogP contribution in [0.3, 0.4) is 0 Å². The first-order chi connectivity index (χ1) is 55.7. The number of amides is 6. The summed E-state index contributed by atoms with van der Waals surface area (Å²) in [7, 11) is -16.1. The van der Waals surface area contributed by atoms with E-state index in [4.69, 9.17) is 88.7 Å². The second-order valence-electron chi connectivity index (χ2n) is 28.6. The fraction of sp³-hybridized carbons (Fsp3) is 0.912. The average Bonchev–Trinajstić information content (AvgIpc) is 1.43. The van der Waals surface area contributed by atoms with Gasteiger partial charge in [0, 0.05) is 92.0 Å². The van der Waals surface area contributed by atoms with E-state index < -0.39 is 272 Å². The number of unbranched alkanes of at least 4 members (excludes halogenated alkanes) is 9. The van der Waals surface area contributed by atoms with E-state index in [1.54, 1.807) is 13.8 Å². The zero-order valence-corrected chi connectivity index (χ0v) is 68.9. The van der Waals surface area contributed by atoms with Gasteiger partial charge in [-0.1, -0.05) is 45.4 Å². The van der Waals surface area contributed by atoms with Crippen molar-refractivity contribution in [1.82, 2.24) is 31.9 Å². The third kappa shape index (κ3) is 36.2. The molecule has 0 spiro atoms. The number of phosphoric ester groups is 3. The number of ether oxygens (including phenoxy) is 13. The Hall–Kier alpha value is -3.73. The fourth-order valence-corrected chi connectivity index (χ4v) is 16.0. The second-order valence-corrected chi connectivity index (χ2v) is 32.7. The predicted molar refractivity (Wildman–Crippen MR) is 388 cm³/mol. The third-order valence-corrected chi connectivity index (χ3v) is 22.3. The minimum atomic E-state index is -5.54. The molecule has 27 atom stereocenters. The summed E-state index contributed by atoms with van der Waals surface area (Å²) in [5.41, 5.74) is 0. The third-order valence-electron chi connectivity index (χ3n) is 19.3. The SMILES string of the molecule is CCOCCOP(=O)([O-])O[C@@H]1C[C@H](OCCCCCCNC(=O)CO[C@@H]2O[C@H](CO)[C@H](C)[C@H](O)[C@H]2NC(C)=O)OC1COP(=O)([O-])OC1C[C@H](OCCCCCCNC(=O)CO[C@@H]2O[C@H](CO)[C@H](O)[C@H](O)[C@H]2NC(C)=O)O[C@@H]1COP(=O)([O-])OC1C[C@H](OCCCCCCNC(=O)CO[C@@H]2O[C@H](CO)[C@H](O)[C@H](O)[C@H]2NC(C)=O)O[C@@H]1CO. The molecule has 6 heterocycles. The van der Waals surface area contributed by atoms with Crippen molar-refractivity contribution in [2.45, 2.75) is 272 Å². The normalized spacial score (nSPS) is 32.8. The highest BCUT2D eigenvalue weighted by Crippen LogP contribution is 2.49. The first kappa shape index (κ1) is 102. The van der Waals surface area contributed by atoms with Gasteiger partial charge in [0.2, 0.25) is 35.4 Å². The van der Waals surface area contributed by atoms with Crippen LogP contribution in [0, 0.1) is 5.92 Å². The summed E-state index contributed by atoms with van der Waals surface area (Å²) < 4.78 is 146. The van der Waals surface area contributed by atoms with E-state index in [1.807, 2.05) is 0 Å². The first-order valence-corrected chi connectivity index (χ1v) is 43.6. The van der Waals surface area contributed by atoms with Crippen molar-refractivity contribution in [1.29, 1.82) is 0 Å². The van der Waals surface area contributed by atoms with Gasteiger partial charge < -0.3 is 181 Å². The Morgan fingerprint density at radius 1 is 0.385 bits per heavy atom. The van der Waals surface area contributed by atoms with Crippen LogP contribution in [0.25, 0.3) is 0 Å². The van der Waals surface area contributed by atoms with Crippen molar-refractivity contribution in [2.24, 2.45) is 5.92 Å². The Morgan fingerprint density at radius 2 is 0.701 bits per heavy atom. The van der Waals surface area contributed by atoms with Gasteiger partial charge in [0.05, 0.1) is 83.4 Å². The van der Waals surface area contributed by atoms with Crippen LogP contribution >= 0.6 is 23.5 Å². The number of carbonyl (C=O) groups excluding carboxylic acids is 6. The lowest BCUT2D eigenvalue weighted by Crippen LogP contribution is -2.64. The number of rotatable bonds is 57. The smallest absolute Gasteiger partial charge is 0.268 e. The van der Waals surface area contributed by atoms with Crippen LogP contribution in [0.15, 0.2) is 0 Å². The van der Waals surface area contributed by atoms with E-state index in [0.717, 1.165) is 6.92 Å². The van der Waals surface area contributed by atoms with Gasteiger partial charge in [0.25, 0.3) is 23.5 Å². The van der Waals surface area contributed by atoms with Crippen molar-refractivity contribution < 1.29 is 192 Å². The molecule has 6 aliphatic rings. The van der Waals surface area contributed by atoms with Crippen LogP contribution in [0.2, 0.25) is 0 Å². The summed E-state index contributed by atoms with van der Waals surface area (Å²) >= 11 is 0. The van der Waals surface area contributed by atoms with E-state index in [9.17, 15) is 103 Å². The maximum absolute atomic E-state index is 13.9. The largest absolute Gasteiger partial charge is 0.756 e. The van der Waals surface area contributed by atoms with Gasteiger partial charge in [0.1, 0.15) is 92.9 Å². The molecule has 0 aromatic rings. The topological polar surface area (TPSA) is 652 Å². The zero-order chi connectivity index (χ0) is 85.8. The molecule has 0 bridgehead atoms. The van der Waals surface area contributed by atoms with Crippen molar-refractivity contribution in [3.63, 3.8) is 0 Å². The van der Waals surface area contributed by atoms with Crippen molar-refractivity contribution in [2.75, 3.05) is 119 Å². The van der Waals surface area contributed by atoms with Gasteiger partial charge in [-0.15, -0.1) is 0 Å². The van der Waals surface area contributed by atoms with Gasteiger partial charge >= 0.3 is 0 Å². The fourth-order valence-electron chi connectivity index (χ4n) is 13.2. The number of carbonyl (C=O) groups is 6. The summed E-state index contributed by atoms with van der Waals surface area (Å²) in [4.78, 5) is 114. The van der Waals surface area contributed by atoms with Crippen molar-refractivity contribution in [3.8, 4) is 0 Å². The minimum Gasteiger partial charge on any atom is -0.756 e. The Kier molecular flexibility index (Phi) is 46.1. The van der Waals surface area contributed by atoms with Gasteiger partial charge in [-0.25, -0.2) is 0 Å².